The standard InChI is InChI=1S/C27H28N4O4/c1-16-11-26(35-19(4)32)18(3)25-12-21(7-10-24(16)25)17(2)27(33)34-15-22-14-31(30-29-22)23-8-5-20(13-28)6-9-23/h5-6,8-9,11,14,17,21H,7,10,12,15H2,1-4H3/t17-,21-/m1/s1. The second-order valence-electron chi connectivity index (χ2n) is 9.08. The molecule has 2 aromatic carbocycles. The molecule has 0 unspecified atom stereocenters. The fraction of sp³-hybridized carbons (Fsp3) is 0.370. The van der Waals surface area contributed by atoms with Gasteiger partial charge in [-0.05, 0) is 91.6 Å². The lowest BCUT2D eigenvalue weighted by Crippen LogP contribution is -2.29. The van der Waals surface area contributed by atoms with Gasteiger partial charge in [-0.1, -0.05) is 12.1 Å². The molecule has 8 nitrogen and oxygen atoms in total. The average Bonchev–Trinajstić information content (AvgIpc) is 3.33. The SMILES string of the molecule is CC(=O)Oc1cc(C)c2c(c1C)C[C@H]([C@@H](C)C(=O)OCc1cn(-c3ccc(C#N)cc3)nn1)CC2. The summed E-state index contributed by atoms with van der Waals surface area (Å²) in [6, 6.07) is 11.0. The Labute approximate surface area is 204 Å². The maximum Gasteiger partial charge on any atom is 0.309 e. The van der Waals surface area contributed by atoms with Crippen LogP contribution in [0.1, 0.15) is 53.8 Å². The largest absolute Gasteiger partial charge is 0.459 e. The van der Waals surface area contributed by atoms with E-state index in [0.717, 1.165) is 36.1 Å². The molecule has 3 aromatic rings. The number of hydrogen-bond donors (Lipinski definition) is 0. The summed E-state index contributed by atoms with van der Waals surface area (Å²) >= 11 is 0. The monoisotopic (exact) mass is 472 g/mol. The Kier molecular flexibility index (Phi) is 6.97. The van der Waals surface area contributed by atoms with Gasteiger partial charge < -0.3 is 9.47 Å². The van der Waals surface area contributed by atoms with Crippen molar-refractivity contribution < 1.29 is 19.1 Å². The average molecular weight is 473 g/mol. The molecule has 0 saturated carbocycles. The lowest BCUT2D eigenvalue weighted by atomic mass is 9.75. The number of benzene rings is 2. The Bertz CT molecular complexity index is 1300. The third kappa shape index (κ3) is 5.24. The van der Waals surface area contributed by atoms with E-state index < -0.39 is 0 Å². The van der Waals surface area contributed by atoms with Crippen molar-refractivity contribution in [2.75, 3.05) is 0 Å². The molecule has 0 fully saturated rings. The number of aromatic nitrogens is 3. The molecule has 1 aliphatic rings. The van der Waals surface area contributed by atoms with Gasteiger partial charge in [0.25, 0.3) is 0 Å². The fourth-order valence-electron chi connectivity index (χ4n) is 4.66. The molecular formula is C27H28N4O4. The molecule has 4 rings (SSSR count). The van der Waals surface area contributed by atoms with Crippen LogP contribution in [0.5, 0.6) is 5.75 Å². The van der Waals surface area contributed by atoms with Gasteiger partial charge in [0, 0.05) is 6.92 Å². The molecule has 0 amide bonds. The predicted molar refractivity (Wildman–Crippen MR) is 128 cm³/mol. The van der Waals surface area contributed by atoms with Gasteiger partial charge in [0.1, 0.15) is 18.1 Å². The van der Waals surface area contributed by atoms with Crippen molar-refractivity contribution in [1.29, 1.82) is 5.26 Å². The zero-order chi connectivity index (χ0) is 25.1. The molecule has 1 aromatic heterocycles. The van der Waals surface area contributed by atoms with Gasteiger partial charge in [-0.2, -0.15) is 5.26 Å². The molecule has 35 heavy (non-hydrogen) atoms. The summed E-state index contributed by atoms with van der Waals surface area (Å²) in [5.74, 6) is -0.163. The van der Waals surface area contributed by atoms with E-state index in [0.29, 0.717) is 17.0 Å². The number of fused-ring (bicyclic) bond motifs is 1. The van der Waals surface area contributed by atoms with Gasteiger partial charge in [-0.25, -0.2) is 4.68 Å². The van der Waals surface area contributed by atoms with Crippen LogP contribution in [0.25, 0.3) is 5.69 Å². The van der Waals surface area contributed by atoms with Crippen LogP contribution in [0.3, 0.4) is 0 Å². The van der Waals surface area contributed by atoms with E-state index in [-0.39, 0.29) is 30.4 Å². The van der Waals surface area contributed by atoms with Gasteiger partial charge in [0.15, 0.2) is 0 Å². The van der Waals surface area contributed by atoms with Crippen molar-refractivity contribution in [3.63, 3.8) is 0 Å². The summed E-state index contributed by atoms with van der Waals surface area (Å²) < 4.78 is 12.6. The van der Waals surface area contributed by atoms with Crippen LogP contribution in [0, 0.1) is 37.0 Å². The van der Waals surface area contributed by atoms with E-state index >= 15 is 0 Å². The van der Waals surface area contributed by atoms with Crippen molar-refractivity contribution in [2.24, 2.45) is 11.8 Å². The van der Waals surface area contributed by atoms with Crippen LogP contribution in [-0.4, -0.2) is 26.9 Å². The number of nitriles is 1. The topological polar surface area (TPSA) is 107 Å². The first-order valence-electron chi connectivity index (χ1n) is 11.7. The van der Waals surface area contributed by atoms with E-state index in [1.807, 2.05) is 26.8 Å². The van der Waals surface area contributed by atoms with E-state index in [9.17, 15) is 9.59 Å². The molecule has 2 atom stereocenters. The van der Waals surface area contributed by atoms with Crippen LogP contribution in [0.2, 0.25) is 0 Å². The van der Waals surface area contributed by atoms with Gasteiger partial charge in [-0.15, -0.1) is 5.10 Å². The van der Waals surface area contributed by atoms with Gasteiger partial charge in [-0.3, -0.25) is 9.59 Å². The summed E-state index contributed by atoms with van der Waals surface area (Å²) in [6.07, 6.45) is 4.22. The minimum atomic E-state index is -0.340. The maximum absolute atomic E-state index is 12.9. The summed E-state index contributed by atoms with van der Waals surface area (Å²) in [5, 5.41) is 17.1. The first-order chi connectivity index (χ1) is 16.8. The maximum atomic E-state index is 12.9. The molecule has 180 valence electrons. The van der Waals surface area contributed by atoms with E-state index in [2.05, 4.69) is 16.4 Å². The fourth-order valence-corrected chi connectivity index (χ4v) is 4.66. The van der Waals surface area contributed by atoms with Crippen LogP contribution in [-0.2, 0) is 33.8 Å². The summed E-state index contributed by atoms with van der Waals surface area (Å²) in [4.78, 5) is 24.4. The van der Waals surface area contributed by atoms with Gasteiger partial charge >= 0.3 is 11.9 Å². The molecule has 0 bridgehead atoms. The number of ether oxygens (including phenoxy) is 2. The highest BCUT2D eigenvalue weighted by Gasteiger charge is 2.31. The summed E-state index contributed by atoms with van der Waals surface area (Å²) in [5.41, 5.74) is 6.40. The normalized spacial score (nSPS) is 15.6. The van der Waals surface area contributed by atoms with Crippen LogP contribution in [0.4, 0.5) is 0 Å². The lowest BCUT2D eigenvalue weighted by molar-refractivity contribution is -0.151. The number of aryl methyl sites for hydroxylation is 1. The van der Waals surface area contributed by atoms with Crippen molar-refractivity contribution in [1.82, 2.24) is 15.0 Å². The number of hydrogen-bond acceptors (Lipinski definition) is 7. The molecule has 0 saturated heterocycles. The number of carbonyl (C=O) groups is 2. The highest BCUT2D eigenvalue weighted by molar-refractivity contribution is 5.73. The highest BCUT2D eigenvalue weighted by atomic mass is 16.5. The van der Waals surface area contributed by atoms with E-state index in [4.69, 9.17) is 14.7 Å². The first-order valence-corrected chi connectivity index (χ1v) is 11.7. The second kappa shape index (κ2) is 10.1. The number of esters is 2. The Hall–Kier alpha value is -3.99. The first kappa shape index (κ1) is 24.1. The summed E-state index contributed by atoms with van der Waals surface area (Å²) in [6.45, 7) is 7.35. The highest BCUT2D eigenvalue weighted by Crippen LogP contribution is 2.38. The van der Waals surface area contributed by atoms with Crippen molar-refractivity contribution >= 4 is 11.9 Å². The minimum Gasteiger partial charge on any atom is -0.459 e. The number of nitrogens with zero attached hydrogens (tertiary/aromatic N) is 4. The Balaban J connectivity index is 1.39. The molecule has 0 spiro atoms. The Morgan fingerprint density at radius 3 is 2.66 bits per heavy atom. The zero-order valence-electron chi connectivity index (χ0n) is 20.4. The Morgan fingerprint density at radius 2 is 1.97 bits per heavy atom. The Morgan fingerprint density at radius 1 is 1.23 bits per heavy atom. The number of carbonyl (C=O) groups excluding carboxylic acids is 2. The molecule has 1 aliphatic carbocycles. The van der Waals surface area contributed by atoms with Gasteiger partial charge in [0.05, 0.1) is 29.4 Å². The predicted octanol–water partition coefficient (Wildman–Crippen LogP) is 4.17. The molecule has 8 heteroatoms. The molecule has 0 N–H and O–H groups in total. The van der Waals surface area contributed by atoms with E-state index in [1.165, 1.54) is 18.1 Å². The van der Waals surface area contributed by atoms with E-state index in [1.54, 1.807) is 35.1 Å². The molecule has 1 heterocycles. The molecule has 0 aliphatic heterocycles. The minimum absolute atomic E-state index is 0.0392. The van der Waals surface area contributed by atoms with Crippen LogP contribution < -0.4 is 4.74 Å². The zero-order valence-corrected chi connectivity index (χ0v) is 20.4. The molecule has 0 radical (unpaired) electrons. The van der Waals surface area contributed by atoms with Crippen molar-refractivity contribution in [3.8, 4) is 17.5 Å². The second-order valence-corrected chi connectivity index (χ2v) is 9.08. The quantitative estimate of drug-likeness (QED) is 0.391. The van der Waals surface area contributed by atoms with Crippen molar-refractivity contribution in [2.45, 2.75) is 53.6 Å². The van der Waals surface area contributed by atoms with Crippen LogP contribution >= 0.6 is 0 Å². The van der Waals surface area contributed by atoms with Crippen molar-refractivity contribution in [3.05, 3.63) is 70.0 Å². The van der Waals surface area contributed by atoms with Crippen LogP contribution in [0.15, 0.2) is 36.5 Å². The van der Waals surface area contributed by atoms with Gasteiger partial charge in [0.2, 0.25) is 0 Å². The third-order valence-electron chi connectivity index (χ3n) is 6.74. The molecular weight excluding hydrogens is 444 g/mol. The number of rotatable bonds is 6. The smallest absolute Gasteiger partial charge is 0.309 e. The lowest BCUT2D eigenvalue weighted by Gasteiger charge is -2.31. The third-order valence-corrected chi connectivity index (χ3v) is 6.74. The summed E-state index contributed by atoms with van der Waals surface area (Å²) in [7, 11) is 0.